The molecule has 0 bridgehead atoms. The second-order valence-electron chi connectivity index (χ2n) is 7.64. The largest absolute Gasteiger partial charge is 0.497 e. The van der Waals surface area contributed by atoms with Crippen LogP contribution in [0.3, 0.4) is 0 Å². The Bertz CT molecular complexity index is 900. The molecule has 1 aliphatic heterocycles. The first kappa shape index (κ1) is 23.9. The van der Waals surface area contributed by atoms with E-state index >= 15 is 0 Å². The number of para-hydroxylation sites is 1. The van der Waals surface area contributed by atoms with E-state index < -0.39 is 6.04 Å². The molecule has 0 aliphatic carbocycles. The summed E-state index contributed by atoms with van der Waals surface area (Å²) in [6.07, 6.45) is 1.95. The number of nitrogens with one attached hydrogen (secondary N) is 1. The summed E-state index contributed by atoms with van der Waals surface area (Å²) in [7, 11) is 1.59. The fourth-order valence-electron chi connectivity index (χ4n) is 3.46. The van der Waals surface area contributed by atoms with Crippen LogP contribution in [0, 0.1) is 0 Å². The van der Waals surface area contributed by atoms with Crippen molar-refractivity contribution in [3.63, 3.8) is 0 Å². The summed E-state index contributed by atoms with van der Waals surface area (Å²) in [5.41, 5.74) is 0.871. The van der Waals surface area contributed by atoms with E-state index in [1.54, 1.807) is 38.3 Å². The Hall–Kier alpha value is -2.77. The summed E-state index contributed by atoms with van der Waals surface area (Å²) in [4.78, 5) is 27.4. The highest BCUT2D eigenvalue weighted by Gasteiger charge is 2.27. The fourth-order valence-corrected chi connectivity index (χ4v) is 3.65. The molecule has 1 aliphatic rings. The number of halogens is 1. The van der Waals surface area contributed by atoms with E-state index in [1.165, 1.54) is 4.90 Å². The maximum atomic E-state index is 13.1. The van der Waals surface area contributed by atoms with Crippen molar-refractivity contribution in [2.75, 3.05) is 26.9 Å². The van der Waals surface area contributed by atoms with Gasteiger partial charge in [0.05, 0.1) is 18.2 Å². The molecule has 172 valence electrons. The molecule has 32 heavy (non-hydrogen) atoms. The predicted octanol–water partition coefficient (Wildman–Crippen LogP) is 3.44. The van der Waals surface area contributed by atoms with Crippen LogP contribution in [-0.4, -0.2) is 55.7 Å². The van der Waals surface area contributed by atoms with Crippen molar-refractivity contribution in [1.29, 1.82) is 0 Å². The maximum Gasteiger partial charge on any atom is 0.261 e. The molecule has 3 rings (SSSR count). The van der Waals surface area contributed by atoms with Crippen LogP contribution in [0.4, 0.5) is 0 Å². The van der Waals surface area contributed by atoms with E-state index in [0.717, 1.165) is 30.8 Å². The van der Waals surface area contributed by atoms with Crippen LogP contribution in [0.15, 0.2) is 48.5 Å². The van der Waals surface area contributed by atoms with Crippen molar-refractivity contribution in [1.82, 2.24) is 10.2 Å². The minimum Gasteiger partial charge on any atom is -0.497 e. The molecular weight excluding hydrogens is 432 g/mol. The molecule has 0 aromatic heterocycles. The molecule has 8 heteroatoms. The van der Waals surface area contributed by atoms with Gasteiger partial charge in [-0.3, -0.25) is 9.59 Å². The van der Waals surface area contributed by atoms with Gasteiger partial charge < -0.3 is 24.4 Å². The molecule has 0 radical (unpaired) electrons. The number of hydrogen-bond donors (Lipinski definition) is 1. The summed E-state index contributed by atoms with van der Waals surface area (Å²) in [6.45, 7) is 2.88. The summed E-state index contributed by atoms with van der Waals surface area (Å²) in [5.74, 6) is 0.582. The van der Waals surface area contributed by atoms with Gasteiger partial charge in [-0.2, -0.15) is 0 Å². The van der Waals surface area contributed by atoms with Crippen LogP contribution in [0.2, 0.25) is 5.02 Å². The molecule has 0 saturated carbocycles. The molecule has 2 aromatic rings. The number of nitrogens with zero attached hydrogens (tertiary/aromatic N) is 1. The normalized spacial score (nSPS) is 16.3. The Labute approximate surface area is 193 Å². The average Bonchev–Trinajstić information content (AvgIpc) is 3.34. The van der Waals surface area contributed by atoms with Crippen LogP contribution in [0.25, 0.3) is 0 Å². The van der Waals surface area contributed by atoms with Crippen LogP contribution >= 0.6 is 11.6 Å². The zero-order valence-corrected chi connectivity index (χ0v) is 19.1. The van der Waals surface area contributed by atoms with Gasteiger partial charge in [0.15, 0.2) is 6.61 Å². The second kappa shape index (κ2) is 11.7. The molecule has 2 amide bonds. The minimum absolute atomic E-state index is 0.0282. The molecule has 1 N–H and O–H groups in total. The molecule has 1 saturated heterocycles. The van der Waals surface area contributed by atoms with Gasteiger partial charge in [0.1, 0.15) is 17.5 Å². The minimum atomic E-state index is -0.694. The summed E-state index contributed by atoms with van der Waals surface area (Å²) in [5, 5.41) is 3.33. The Kier molecular flexibility index (Phi) is 8.76. The number of benzene rings is 2. The van der Waals surface area contributed by atoms with Gasteiger partial charge in [0.25, 0.3) is 5.91 Å². The SMILES string of the molecule is COc1ccc(CN(C(=O)COc2ccccc2Cl)[C@@H](C)C(=O)NC[C@@H]2CCCO2)cc1. The predicted molar refractivity (Wildman–Crippen MR) is 122 cm³/mol. The third kappa shape index (κ3) is 6.61. The third-order valence-corrected chi connectivity index (χ3v) is 5.71. The first-order valence-corrected chi connectivity index (χ1v) is 11.0. The van der Waals surface area contributed by atoms with Gasteiger partial charge >= 0.3 is 0 Å². The van der Waals surface area contributed by atoms with Crippen LogP contribution in [0.1, 0.15) is 25.3 Å². The van der Waals surface area contributed by atoms with Crippen LogP contribution in [0.5, 0.6) is 11.5 Å². The Morgan fingerprint density at radius 3 is 2.62 bits per heavy atom. The molecule has 2 aromatic carbocycles. The average molecular weight is 461 g/mol. The van der Waals surface area contributed by atoms with Crippen molar-refractivity contribution in [3.05, 3.63) is 59.1 Å². The van der Waals surface area contributed by atoms with Crippen LogP contribution in [-0.2, 0) is 20.9 Å². The Morgan fingerprint density at radius 1 is 1.22 bits per heavy atom. The standard InChI is InChI=1S/C24H29ClN2O5/c1-17(24(29)26-14-20-6-5-13-31-20)27(15-18-9-11-19(30-2)12-10-18)23(28)16-32-22-8-4-3-7-21(22)25/h3-4,7-12,17,20H,5-6,13-16H2,1-2H3,(H,26,29)/t17-,20-/m0/s1. The smallest absolute Gasteiger partial charge is 0.261 e. The zero-order valence-electron chi connectivity index (χ0n) is 18.4. The molecule has 7 nitrogen and oxygen atoms in total. The van der Waals surface area contributed by atoms with Crippen LogP contribution < -0.4 is 14.8 Å². The fraction of sp³-hybridized carbons (Fsp3) is 0.417. The van der Waals surface area contributed by atoms with Gasteiger partial charge in [-0.25, -0.2) is 0 Å². The van der Waals surface area contributed by atoms with Gasteiger partial charge in [-0.15, -0.1) is 0 Å². The molecule has 0 unspecified atom stereocenters. The summed E-state index contributed by atoms with van der Waals surface area (Å²) < 4.78 is 16.4. The van der Waals surface area contributed by atoms with Gasteiger partial charge in [-0.05, 0) is 49.6 Å². The molecule has 2 atom stereocenters. The van der Waals surface area contributed by atoms with Crippen molar-refractivity contribution < 1.29 is 23.8 Å². The van der Waals surface area contributed by atoms with E-state index in [1.807, 2.05) is 24.3 Å². The topological polar surface area (TPSA) is 77.1 Å². The first-order chi connectivity index (χ1) is 15.5. The van der Waals surface area contributed by atoms with Gasteiger partial charge in [-0.1, -0.05) is 35.9 Å². The lowest BCUT2D eigenvalue weighted by molar-refractivity contribution is -0.142. The van der Waals surface area contributed by atoms with Crippen molar-refractivity contribution in [2.45, 2.75) is 38.5 Å². The lowest BCUT2D eigenvalue weighted by Crippen LogP contribution is -2.50. The lowest BCUT2D eigenvalue weighted by Gasteiger charge is -2.29. The number of carbonyl (C=O) groups excluding carboxylic acids is 2. The molecular formula is C24H29ClN2O5. The zero-order chi connectivity index (χ0) is 22.9. The van der Waals surface area contributed by atoms with E-state index in [4.69, 9.17) is 25.8 Å². The highest BCUT2D eigenvalue weighted by molar-refractivity contribution is 6.32. The van der Waals surface area contributed by atoms with Crippen molar-refractivity contribution >= 4 is 23.4 Å². The van der Waals surface area contributed by atoms with E-state index in [9.17, 15) is 9.59 Å². The highest BCUT2D eigenvalue weighted by Crippen LogP contribution is 2.23. The van der Waals surface area contributed by atoms with Gasteiger partial charge in [0, 0.05) is 19.7 Å². The first-order valence-electron chi connectivity index (χ1n) is 10.7. The number of rotatable bonds is 10. The molecule has 0 spiro atoms. The number of amides is 2. The number of methoxy groups -OCH3 is 1. The van der Waals surface area contributed by atoms with Gasteiger partial charge in [0.2, 0.25) is 5.91 Å². The lowest BCUT2D eigenvalue weighted by atomic mass is 10.1. The van der Waals surface area contributed by atoms with E-state index in [-0.39, 0.29) is 31.1 Å². The maximum absolute atomic E-state index is 13.1. The number of hydrogen-bond acceptors (Lipinski definition) is 5. The van der Waals surface area contributed by atoms with Crippen molar-refractivity contribution in [2.24, 2.45) is 0 Å². The Morgan fingerprint density at radius 2 is 1.97 bits per heavy atom. The van der Waals surface area contributed by atoms with E-state index in [2.05, 4.69) is 5.32 Å². The summed E-state index contributed by atoms with van der Waals surface area (Å²) >= 11 is 6.12. The summed E-state index contributed by atoms with van der Waals surface area (Å²) in [6, 6.07) is 13.6. The third-order valence-electron chi connectivity index (χ3n) is 5.40. The monoisotopic (exact) mass is 460 g/mol. The number of carbonyl (C=O) groups is 2. The quantitative estimate of drug-likeness (QED) is 0.587. The van der Waals surface area contributed by atoms with Crippen molar-refractivity contribution in [3.8, 4) is 11.5 Å². The second-order valence-corrected chi connectivity index (χ2v) is 8.05. The highest BCUT2D eigenvalue weighted by atomic mass is 35.5. The molecule has 1 heterocycles. The van der Waals surface area contributed by atoms with E-state index in [0.29, 0.717) is 17.3 Å². The molecule has 1 fully saturated rings. The Balaban J connectivity index is 1.68. The number of ether oxygens (including phenoxy) is 3.